The quantitative estimate of drug-likeness (QED) is 0.753. The first-order chi connectivity index (χ1) is 10.6. The van der Waals surface area contributed by atoms with Crippen molar-refractivity contribution in [3.8, 4) is 5.75 Å². The molecule has 124 valence electrons. The Morgan fingerprint density at radius 1 is 1.36 bits per heavy atom. The maximum Gasteiger partial charge on any atom is 0.190 e. The van der Waals surface area contributed by atoms with Crippen LogP contribution in [0, 0.1) is 17.6 Å². The lowest BCUT2D eigenvalue weighted by molar-refractivity contribution is 0.121. The maximum atomic E-state index is 13.6. The van der Waals surface area contributed by atoms with Gasteiger partial charge < -0.3 is 20.1 Å². The molecule has 0 radical (unpaired) electrons. The van der Waals surface area contributed by atoms with Crippen molar-refractivity contribution < 1.29 is 18.6 Å². The predicted molar refractivity (Wildman–Crippen MR) is 80.9 cm³/mol. The molecule has 2 N–H and O–H groups in total. The fourth-order valence-corrected chi connectivity index (χ4v) is 2.88. The number of aliphatic hydroxyl groups excluding tert-OH is 1. The second-order valence-electron chi connectivity index (χ2n) is 5.76. The minimum Gasteiger partial charge on any atom is -0.491 e. The van der Waals surface area contributed by atoms with Gasteiger partial charge in [-0.25, -0.2) is 8.78 Å². The Kier molecular flexibility index (Phi) is 6.54. The van der Waals surface area contributed by atoms with E-state index in [9.17, 15) is 13.9 Å². The number of benzene rings is 1. The average molecular weight is 314 g/mol. The van der Waals surface area contributed by atoms with E-state index in [0.717, 1.165) is 39.0 Å². The molecule has 0 bridgehead atoms. The Morgan fingerprint density at radius 3 is 2.73 bits per heavy atom. The van der Waals surface area contributed by atoms with Gasteiger partial charge in [-0.05, 0) is 43.0 Å². The number of nitrogens with one attached hydrogen (secondary N) is 1. The molecule has 1 aromatic rings. The van der Waals surface area contributed by atoms with Gasteiger partial charge in [0, 0.05) is 32.8 Å². The number of halogens is 2. The highest BCUT2D eigenvalue weighted by molar-refractivity contribution is 5.31. The van der Waals surface area contributed by atoms with E-state index in [1.54, 1.807) is 0 Å². The van der Waals surface area contributed by atoms with Crippen LogP contribution < -0.4 is 10.1 Å². The molecule has 0 aromatic heterocycles. The lowest BCUT2D eigenvalue weighted by Gasteiger charge is -2.31. The third kappa shape index (κ3) is 4.63. The number of hydrogen-bond donors (Lipinski definition) is 2. The minimum atomic E-state index is -0.680. The van der Waals surface area contributed by atoms with E-state index < -0.39 is 11.6 Å². The summed E-state index contributed by atoms with van der Waals surface area (Å²) in [6.45, 7) is 4.24. The van der Waals surface area contributed by atoms with Gasteiger partial charge in [-0.1, -0.05) is 0 Å². The van der Waals surface area contributed by atoms with Crippen molar-refractivity contribution in [2.75, 3.05) is 39.9 Å². The molecule has 1 aromatic carbocycles. The molecule has 0 spiro atoms. The van der Waals surface area contributed by atoms with Crippen molar-refractivity contribution in [2.24, 2.45) is 5.92 Å². The Balaban J connectivity index is 1.75. The average Bonchev–Trinajstić information content (AvgIpc) is 2.51. The molecule has 0 saturated carbocycles. The molecular weight excluding hydrogens is 290 g/mol. The van der Waals surface area contributed by atoms with E-state index in [1.807, 2.05) is 0 Å². The first kappa shape index (κ1) is 17.1. The molecule has 1 aliphatic rings. The summed E-state index contributed by atoms with van der Waals surface area (Å²) in [4.78, 5) is 2.31. The van der Waals surface area contributed by atoms with Gasteiger partial charge in [0.05, 0.1) is 7.11 Å². The lowest BCUT2D eigenvalue weighted by atomic mass is 9.99. The molecule has 0 amide bonds. The van der Waals surface area contributed by atoms with E-state index in [0.29, 0.717) is 18.0 Å². The number of rotatable bonds is 7. The fourth-order valence-electron chi connectivity index (χ4n) is 2.88. The van der Waals surface area contributed by atoms with Gasteiger partial charge in [-0.2, -0.15) is 0 Å². The van der Waals surface area contributed by atoms with Crippen molar-refractivity contribution >= 4 is 0 Å². The summed E-state index contributed by atoms with van der Waals surface area (Å²) >= 11 is 0. The highest BCUT2D eigenvalue weighted by Gasteiger charge is 2.18. The van der Waals surface area contributed by atoms with Gasteiger partial charge in [0.2, 0.25) is 0 Å². The molecule has 0 aliphatic carbocycles. The zero-order chi connectivity index (χ0) is 15.9. The van der Waals surface area contributed by atoms with Crippen molar-refractivity contribution in [2.45, 2.75) is 19.4 Å². The topological polar surface area (TPSA) is 44.7 Å². The van der Waals surface area contributed by atoms with Crippen LogP contribution in [0.2, 0.25) is 0 Å². The Bertz CT molecular complexity index is 462. The van der Waals surface area contributed by atoms with E-state index in [1.165, 1.54) is 19.2 Å². The number of likely N-dealkylation sites (tertiary alicyclic amines) is 1. The maximum absolute atomic E-state index is 13.6. The van der Waals surface area contributed by atoms with E-state index >= 15 is 0 Å². The summed E-state index contributed by atoms with van der Waals surface area (Å²) in [7, 11) is 1.25. The second-order valence-corrected chi connectivity index (χ2v) is 5.76. The van der Waals surface area contributed by atoms with Gasteiger partial charge in [-0.3, -0.25) is 0 Å². The van der Waals surface area contributed by atoms with E-state index in [2.05, 4.69) is 15.0 Å². The Morgan fingerprint density at radius 2 is 2.09 bits per heavy atom. The molecule has 2 rings (SSSR count). The zero-order valence-electron chi connectivity index (χ0n) is 12.9. The summed E-state index contributed by atoms with van der Waals surface area (Å²) in [6.07, 6.45) is 2.20. The van der Waals surface area contributed by atoms with Crippen molar-refractivity contribution in [3.63, 3.8) is 0 Å². The molecule has 1 heterocycles. The van der Waals surface area contributed by atoms with Gasteiger partial charge in [-0.15, -0.1) is 0 Å². The van der Waals surface area contributed by atoms with Crippen LogP contribution in [0.25, 0.3) is 0 Å². The summed E-state index contributed by atoms with van der Waals surface area (Å²) in [5.74, 6) is -1.33. The predicted octanol–water partition coefficient (Wildman–Crippen LogP) is 1.77. The van der Waals surface area contributed by atoms with Gasteiger partial charge >= 0.3 is 0 Å². The van der Waals surface area contributed by atoms with Crippen LogP contribution >= 0.6 is 0 Å². The van der Waals surface area contributed by atoms with Crippen molar-refractivity contribution in [1.82, 2.24) is 10.2 Å². The normalized spacial score (nSPS) is 19.4. The first-order valence-electron chi connectivity index (χ1n) is 7.70. The minimum absolute atomic E-state index is 0.244. The molecule has 22 heavy (non-hydrogen) atoms. The van der Waals surface area contributed by atoms with Crippen LogP contribution in [0.5, 0.6) is 5.75 Å². The summed E-state index contributed by atoms with van der Waals surface area (Å²) < 4.78 is 31.8. The number of nitrogens with zero attached hydrogens (tertiary/aromatic N) is 1. The number of piperidine rings is 1. The molecule has 1 aliphatic heterocycles. The van der Waals surface area contributed by atoms with Crippen LogP contribution in [0.15, 0.2) is 12.1 Å². The standard InChI is InChI=1S/C16H24F2N2O2/c1-22-16-14(17)7-13(8-15(16)18)9-19-4-6-20-5-2-3-12(10-20)11-21/h7-8,12,19,21H,2-6,9-11H2,1H3. The highest BCUT2D eigenvalue weighted by atomic mass is 19.1. The number of methoxy groups -OCH3 is 1. The van der Waals surface area contributed by atoms with E-state index in [-0.39, 0.29) is 12.4 Å². The van der Waals surface area contributed by atoms with Crippen LogP contribution in [-0.4, -0.2) is 49.9 Å². The van der Waals surface area contributed by atoms with Crippen LogP contribution in [0.4, 0.5) is 8.78 Å². The van der Waals surface area contributed by atoms with Gasteiger partial charge in [0.25, 0.3) is 0 Å². The third-order valence-electron chi connectivity index (χ3n) is 4.06. The number of hydrogen-bond acceptors (Lipinski definition) is 4. The highest BCUT2D eigenvalue weighted by Crippen LogP contribution is 2.22. The first-order valence-corrected chi connectivity index (χ1v) is 7.70. The Hall–Kier alpha value is -1.24. The molecular formula is C16H24F2N2O2. The van der Waals surface area contributed by atoms with Crippen molar-refractivity contribution in [3.05, 3.63) is 29.3 Å². The molecule has 1 unspecified atom stereocenters. The fraction of sp³-hybridized carbons (Fsp3) is 0.625. The SMILES string of the molecule is COc1c(F)cc(CNCCN2CCCC(CO)C2)cc1F. The van der Waals surface area contributed by atoms with Gasteiger partial charge in [0.15, 0.2) is 17.4 Å². The number of aliphatic hydroxyl groups is 1. The smallest absolute Gasteiger partial charge is 0.190 e. The van der Waals surface area contributed by atoms with E-state index in [4.69, 9.17) is 0 Å². The number of ether oxygens (including phenoxy) is 1. The molecule has 4 nitrogen and oxygen atoms in total. The van der Waals surface area contributed by atoms with Crippen molar-refractivity contribution in [1.29, 1.82) is 0 Å². The monoisotopic (exact) mass is 314 g/mol. The lowest BCUT2D eigenvalue weighted by Crippen LogP contribution is -2.40. The largest absolute Gasteiger partial charge is 0.491 e. The third-order valence-corrected chi connectivity index (χ3v) is 4.06. The summed E-state index contributed by atoms with van der Waals surface area (Å²) in [5, 5.41) is 12.4. The van der Waals surface area contributed by atoms with Crippen LogP contribution in [0.1, 0.15) is 18.4 Å². The zero-order valence-corrected chi connectivity index (χ0v) is 12.9. The van der Waals surface area contributed by atoms with Crippen LogP contribution in [0.3, 0.4) is 0 Å². The second kappa shape index (κ2) is 8.41. The molecule has 1 saturated heterocycles. The summed E-state index contributed by atoms with van der Waals surface area (Å²) in [6, 6.07) is 2.58. The summed E-state index contributed by atoms with van der Waals surface area (Å²) in [5.41, 5.74) is 0.558. The molecule has 6 heteroatoms. The van der Waals surface area contributed by atoms with Gasteiger partial charge in [0.1, 0.15) is 0 Å². The Labute approximate surface area is 130 Å². The molecule has 1 atom stereocenters. The van der Waals surface area contributed by atoms with Crippen LogP contribution in [-0.2, 0) is 6.54 Å². The molecule has 1 fully saturated rings.